The molecule has 1 N–H and O–H groups in total. The van der Waals surface area contributed by atoms with E-state index < -0.39 is 0 Å². The first-order valence-electron chi connectivity index (χ1n) is 6.53. The monoisotopic (exact) mass is 297 g/mol. The van der Waals surface area contributed by atoms with E-state index in [1.165, 1.54) is 0 Å². The molecule has 1 saturated heterocycles. The van der Waals surface area contributed by atoms with Crippen LogP contribution in [-0.4, -0.2) is 45.5 Å². The summed E-state index contributed by atoms with van der Waals surface area (Å²) >= 11 is 1.90. The van der Waals surface area contributed by atoms with Crippen LogP contribution in [-0.2, 0) is 0 Å². The highest BCUT2D eigenvalue weighted by atomic mass is 32.2. The lowest BCUT2D eigenvalue weighted by Crippen LogP contribution is -2.41. The maximum atomic E-state index is 11.3. The Balaban J connectivity index is 2.47. The van der Waals surface area contributed by atoms with Crippen LogP contribution in [0.3, 0.4) is 0 Å². The number of anilines is 2. The smallest absolute Gasteiger partial charge is 0.332 e. The van der Waals surface area contributed by atoms with Gasteiger partial charge in [-0.1, -0.05) is 13.8 Å². The third-order valence-electron chi connectivity index (χ3n) is 3.17. The van der Waals surface area contributed by atoms with E-state index in [0.717, 1.165) is 13.1 Å². The second-order valence-corrected chi connectivity index (χ2v) is 6.86. The molecule has 2 atom stereocenters. The lowest BCUT2D eigenvalue weighted by molar-refractivity contribution is -0.385. The van der Waals surface area contributed by atoms with E-state index in [9.17, 15) is 10.1 Å². The van der Waals surface area contributed by atoms with Crippen LogP contribution in [0.5, 0.6) is 0 Å². The van der Waals surface area contributed by atoms with Crippen molar-refractivity contribution in [3.63, 3.8) is 0 Å². The van der Waals surface area contributed by atoms with Crippen LogP contribution in [0.4, 0.5) is 17.5 Å². The summed E-state index contributed by atoms with van der Waals surface area (Å²) in [6.07, 6.45) is 0. The highest BCUT2D eigenvalue weighted by Gasteiger charge is 2.31. The topological polar surface area (TPSA) is 84.2 Å². The number of aryl methyl sites for hydroxylation is 1. The Morgan fingerprint density at radius 2 is 1.95 bits per heavy atom. The molecule has 7 nitrogen and oxygen atoms in total. The lowest BCUT2D eigenvalue weighted by atomic mass is 10.2. The lowest BCUT2D eigenvalue weighted by Gasteiger charge is -2.35. The summed E-state index contributed by atoms with van der Waals surface area (Å²) in [5.74, 6) is 0.840. The van der Waals surface area contributed by atoms with Crippen molar-refractivity contribution in [2.75, 3.05) is 30.4 Å². The first kappa shape index (κ1) is 14.8. The summed E-state index contributed by atoms with van der Waals surface area (Å²) in [5.41, 5.74) is 0.401. The van der Waals surface area contributed by atoms with Gasteiger partial charge in [-0.2, -0.15) is 16.7 Å². The number of rotatable bonds is 3. The number of nitro groups is 1. The minimum absolute atomic E-state index is 0.00954. The van der Waals surface area contributed by atoms with Crippen molar-refractivity contribution in [1.82, 2.24) is 9.97 Å². The zero-order valence-electron chi connectivity index (χ0n) is 12.1. The Labute approximate surface area is 122 Å². The minimum atomic E-state index is -0.388. The molecular weight excluding hydrogens is 278 g/mol. The van der Waals surface area contributed by atoms with Gasteiger partial charge < -0.3 is 10.2 Å². The normalized spacial score (nSPS) is 22.7. The second kappa shape index (κ2) is 5.82. The first-order chi connectivity index (χ1) is 9.42. The van der Waals surface area contributed by atoms with Crippen molar-refractivity contribution in [2.45, 2.75) is 31.3 Å². The Morgan fingerprint density at radius 1 is 1.35 bits per heavy atom. The number of hydrogen-bond donors (Lipinski definition) is 1. The first-order valence-corrected chi connectivity index (χ1v) is 7.47. The van der Waals surface area contributed by atoms with Crippen molar-refractivity contribution in [3.05, 3.63) is 15.8 Å². The molecule has 2 heterocycles. The SMILES string of the molecule is CNc1nc(C)c([N+](=O)[O-])c(N2CC(C)SC(C)C2)n1. The fraction of sp³-hybridized carbons (Fsp3) is 0.667. The summed E-state index contributed by atoms with van der Waals surface area (Å²) < 4.78 is 0. The van der Waals surface area contributed by atoms with Gasteiger partial charge >= 0.3 is 5.69 Å². The van der Waals surface area contributed by atoms with Gasteiger partial charge in [-0.3, -0.25) is 10.1 Å². The molecule has 110 valence electrons. The van der Waals surface area contributed by atoms with Gasteiger partial charge in [0, 0.05) is 30.6 Å². The van der Waals surface area contributed by atoms with E-state index in [1.807, 2.05) is 16.7 Å². The van der Waals surface area contributed by atoms with Gasteiger partial charge in [0.1, 0.15) is 5.69 Å². The van der Waals surface area contributed by atoms with E-state index in [0.29, 0.717) is 28.0 Å². The molecule has 2 rings (SSSR count). The number of aromatic nitrogens is 2. The fourth-order valence-electron chi connectivity index (χ4n) is 2.45. The Bertz CT molecular complexity index is 515. The van der Waals surface area contributed by atoms with Gasteiger partial charge in [-0.15, -0.1) is 0 Å². The molecule has 1 aromatic rings. The van der Waals surface area contributed by atoms with Gasteiger partial charge in [0.2, 0.25) is 11.8 Å². The third kappa shape index (κ3) is 2.95. The maximum Gasteiger partial charge on any atom is 0.332 e. The van der Waals surface area contributed by atoms with E-state index in [4.69, 9.17) is 0 Å². The summed E-state index contributed by atoms with van der Waals surface area (Å²) in [5, 5.41) is 15.0. The average Bonchev–Trinajstić information content (AvgIpc) is 2.35. The fourth-order valence-corrected chi connectivity index (χ4v) is 3.77. The van der Waals surface area contributed by atoms with E-state index in [1.54, 1.807) is 14.0 Å². The number of nitrogens with one attached hydrogen (secondary N) is 1. The molecule has 1 aliphatic rings. The van der Waals surface area contributed by atoms with Crippen molar-refractivity contribution in [2.24, 2.45) is 0 Å². The van der Waals surface area contributed by atoms with Crippen molar-refractivity contribution in [3.8, 4) is 0 Å². The summed E-state index contributed by atoms with van der Waals surface area (Å²) in [4.78, 5) is 21.4. The van der Waals surface area contributed by atoms with Crippen LogP contribution in [0.25, 0.3) is 0 Å². The molecule has 0 spiro atoms. The third-order valence-corrected chi connectivity index (χ3v) is 4.39. The number of thioether (sulfide) groups is 1. The number of nitrogens with zero attached hydrogens (tertiary/aromatic N) is 4. The van der Waals surface area contributed by atoms with Crippen LogP contribution < -0.4 is 10.2 Å². The second-order valence-electron chi connectivity index (χ2n) is 4.97. The Kier molecular flexibility index (Phi) is 4.32. The van der Waals surface area contributed by atoms with Gasteiger partial charge in [-0.05, 0) is 6.92 Å². The molecule has 8 heteroatoms. The maximum absolute atomic E-state index is 11.3. The summed E-state index contributed by atoms with van der Waals surface area (Å²) in [7, 11) is 1.71. The summed E-state index contributed by atoms with van der Waals surface area (Å²) in [6.45, 7) is 7.43. The molecule has 1 aliphatic heterocycles. The molecule has 1 aromatic heterocycles. The quantitative estimate of drug-likeness (QED) is 0.675. The molecule has 0 amide bonds. The van der Waals surface area contributed by atoms with Crippen molar-refractivity contribution in [1.29, 1.82) is 0 Å². The molecule has 0 bridgehead atoms. The largest absolute Gasteiger partial charge is 0.357 e. The van der Waals surface area contributed by atoms with Gasteiger partial charge in [0.15, 0.2) is 0 Å². The van der Waals surface area contributed by atoms with E-state index >= 15 is 0 Å². The molecule has 0 saturated carbocycles. The summed E-state index contributed by atoms with van der Waals surface area (Å²) in [6, 6.07) is 0. The number of hydrogen-bond acceptors (Lipinski definition) is 7. The Morgan fingerprint density at radius 3 is 2.45 bits per heavy atom. The zero-order valence-corrected chi connectivity index (χ0v) is 12.9. The van der Waals surface area contributed by atoms with Gasteiger partial charge in [0.25, 0.3) is 0 Å². The molecule has 2 unspecified atom stereocenters. The Hall–Kier alpha value is -1.57. The molecule has 1 fully saturated rings. The standard InChI is InChI=1S/C12H19N5O2S/c1-7-5-16(6-8(2)20-7)11-10(17(18)19)9(3)14-12(13-4)15-11/h7-8H,5-6H2,1-4H3,(H,13,14,15). The zero-order chi connectivity index (χ0) is 14.9. The predicted octanol–water partition coefficient (Wildman–Crippen LogP) is 2.07. The van der Waals surface area contributed by atoms with Gasteiger partial charge in [-0.25, -0.2) is 4.98 Å². The van der Waals surface area contributed by atoms with E-state index in [2.05, 4.69) is 29.1 Å². The van der Waals surface area contributed by atoms with Gasteiger partial charge in [0.05, 0.1) is 4.92 Å². The van der Waals surface area contributed by atoms with E-state index in [-0.39, 0.29) is 10.6 Å². The van der Waals surface area contributed by atoms with Crippen molar-refractivity contribution < 1.29 is 4.92 Å². The molecule has 0 radical (unpaired) electrons. The molecule has 0 aliphatic carbocycles. The van der Waals surface area contributed by atoms with Crippen LogP contribution in [0.2, 0.25) is 0 Å². The highest BCUT2D eigenvalue weighted by Crippen LogP contribution is 2.34. The molecule has 0 aromatic carbocycles. The van der Waals surface area contributed by atoms with Crippen molar-refractivity contribution >= 4 is 29.2 Å². The molecular formula is C12H19N5O2S. The van der Waals surface area contributed by atoms with Crippen LogP contribution in [0.15, 0.2) is 0 Å². The van der Waals surface area contributed by atoms with Crippen LogP contribution in [0, 0.1) is 17.0 Å². The molecule has 20 heavy (non-hydrogen) atoms. The minimum Gasteiger partial charge on any atom is -0.357 e. The highest BCUT2D eigenvalue weighted by molar-refractivity contribution is 8.00. The van der Waals surface area contributed by atoms with Crippen LogP contribution >= 0.6 is 11.8 Å². The average molecular weight is 297 g/mol. The predicted molar refractivity (Wildman–Crippen MR) is 81.7 cm³/mol. The van der Waals surface area contributed by atoms with Crippen LogP contribution in [0.1, 0.15) is 19.5 Å².